The molecule has 0 bridgehead atoms. The number of furan rings is 1. The van der Waals surface area contributed by atoms with Crippen LogP contribution in [0.25, 0.3) is 0 Å². The average molecular weight is 223 g/mol. The fourth-order valence-electron chi connectivity index (χ4n) is 2.59. The van der Waals surface area contributed by atoms with Crippen LogP contribution in [0, 0.1) is 5.92 Å². The van der Waals surface area contributed by atoms with E-state index < -0.39 is 0 Å². The third-order valence-electron chi connectivity index (χ3n) is 3.41. The van der Waals surface area contributed by atoms with Gasteiger partial charge >= 0.3 is 0 Å². The van der Waals surface area contributed by atoms with Crippen molar-refractivity contribution in [1.29, 1.82) is 0 Å². The average Bonchev–Trinajstić information content (AvgIpc) is 2.80. The summed E-state index contributed by atoms with van der Waals surface area (Å²) in [5.41, 5.74) is 1.31. The summed E-state index contributed by atoms with van der Waals surface area (Å²) in [6, 6.07) is 2.46. The molecule has 1 aliphatic rings. The third-order valence-corrected chi connectivity index (χ3v) is 3.41. The van der Waals surface area contributed by atoms with Gasteiger partial charge < -0.3 is 14.5 Å². The molecule has 2 unspecified atom stereocenters. The van der Waals surface area contributed by atoms with Gasteiger partial charge in [-0.1, -0.05) is 6.92 Å². The van der Waals surface area contributed by atoms with Crippen LogP contribution in [0.2, 0.25) is 0 Å². The maximum atomic E-state index is 5.57. The minimum absolute atomic E-state index is 0.369. The van der Waals surface area contributed by atoms with Gasteiger partial charge in [0.15, 0.2) is 0 Å². The van der Waals surface area contributed by atoms with E-state index in [0.29, 0.717) is 12.0 Å². The van der Waals surface area contributed by atoms with Gasteiger partial charge in [0.2, 0.25) is 0 Å². The number of aryl methyl sites for hydroxylation is 1. The molecular weight excluding hydrogens is 202 g/mol. The Bertz CT molecular complexity index is 315. The maximum absolute atomic E-state index is 5.57. The molecule has 0 saturated carbocycles. The molecule has 90 valence electrons. The Morgan fingerprint density at radius 1 is 1.56 bits per heavy atom. The summed E-state index contributed by atoms with van der Waals surface area (Å²) in [4.78, 5) is 0. The van der Waals surface area contributed by atoms with Crippen LogP contribution in [0.4, 0.5) is 0 Å². The summed E-state index contributed by atoms with van der Waals surface area (Å²) < 4.78 is 11.1. The Morgan fingerprint density at radius 3 is 3.06 bits per heavy atom. The molecule has 0 spiro atoms. The molecule has 16 heavy (non-hydrogen) atoms. The van der Waals surface area contributed by atoms with Crippen LogP contribution in [0.1, 0.15) is 37.1 Å². The monoisotopic (exact) mass is 223 g/mol. The Labute approximate surface area is 97.2 Å². The minimum atomic E-state index is 0.369. The fourth-order valence-corrected chi connectivity index (χ4v) is 2.59. The lowest BCUT2D eigenvalue weighted by Gasteiger charge is -2.30. The molecule has 1 aliphatic heterocycles. The van der Waals surface area contributed by atoms with Gasteiger partial charge in [-0.3, -0.25) is 0 Å². The molecular formula is C13H21NO2. The van der Waals surface area contributed by atoms with E-state index in [9.17, 15) is 0 Å². The lowest BCUT2D eigenvalue weighted by atomic mass is 9.88. The van der Waals surface area contributed by atoms with Crippen molar-refractivity contribution in [2.75, 3.05) is 20.3 Å². The lowest BCUT2D eigenvalue weighted by Crippen LogP contribution is -2.31. The molecule has 1 N–H and O–H groups in total. The number of hydrogen-bond acceptors (Lipinski definition) is 3. The van der Waals surface area contributed by atoms with Gasteiger partial charge in [-0.25, -0.2) is 0 Å². The van der Waals surface area contributed by atoms with E-state index in [2.05, 4.69) is 18.3 Å². The van der Waals surface area contributed by atoms with Crippen LogP contribution in [0.3, 0.4) is 0 Å². The second-order valence-electron chi connectivity index (χ2n) is 4.40. The van der Waals surface area contributed by atoms with Gasteiger partial charge in [0.1, 0.15) is 5.76 Å². The Kier molecular flexibility index (Phi) is 4.02. The standard InChI is InChI=1S/C13H21NO2/c1-3-12-11(6-8-16-12)13(14-2)10-5-4-7-15-9-10/h6,8,10,13-14H,3-5,7,9H2,1-2H3. The van der Waals surface area contributed by atoms with Gasteiger partial charge in [0.05, 0.1) is 12.9 Å². The summed E-state index contributed by atoms with van der Waals surface area (Å²) in [5, 5.41) is 3.41. The van der Waals surface area contributed by atoms with Gasteiger partial charge in [-0.05, 0) is 26.0 Å². The van der Waals surface area contributed by atoms with E-state index >= 15 is 0 Å². The molecule has 0 aliphatic carbocycles. The van der Waals surface area contributed by atoms with E-state index in [1.807, 2.05) is 7.05 Å². The second-order valence-corrected chi connectivity index (χ2v) is 4.40. The predicted octanol–water partition coefficient (Wildman–Crippen LogP) is 2.53. The van der Waals surface area contributed by atoms with Crippen LogP contribution in [-0.2, 0) is 11.2 Å². The van der Waals surface area contributed by atoms with Gasteiger partial charge in [-0.15, -0.1) is 0 Å². The summed E-state index contributed by atoms with van der Waals surface area (Å²) >= 11 is 0. The Hall–Kier alpha value is -0.800. The molecule has 2 heterocycles. The van der Waals surface area contributed by atoms with Gasteiger partial charge in [0, 0.05) is 30.6 Å². The first-order valence-electron chi connectivity index (χ1n) is 6.18. The van der Waals surface area contributed by atoms with Crippen LogP contribution in [0.5, 0.6) is 0 Å². The van der Waals surface area contributed by atoms with Crippen molar-refractivity contribution < 1.29 is 9.15 Å². The number of ether oxygens (including phenoxy) is 1. The molecule has 0 amide bonds. The zero-order valence-corrected chi connectivity index (χ0v) is 10.2. The maximum Gasteiger partial charge on any atom is 0.108 e. The van der Waals surface area contributed by atoms with Crippen LogP contribution in [-0.4, -0.2) is 20.3 Å². The molecule has 1 aromatic heterocycles. The van der Waals surface area contributed by atoms with Gasteiger partial charge in [-0.2, -0.15) is 0 Å². The zero-order chi connectivity index (χ0) is 11.4. The van der Waals surface area contributed by atoms with Crippen molar-refractivity contribution in [2.45, 2.75) is 32.2 Å². The summed E-state index contributed by atoms with van der Waals surface area (Å²) in [6.07, 6.45) is 5.15. The van der Waals surface area contributed by atoms with Crippen molar-refractivity contribution in [2.24, 2.45) is 5.92 Å². The summed E-state index contributed by atoms with van der Waals surface area (Å²) in [5.74, 6) is 1.67. The Morgan fingerprint density at radius 2 is 2.44 bits per heavy atom. The van der Waals surface area contributed by atoms with E-state index in [1.54, 1.807) is 6.26 Å². The second kappa shape index (κ2) is 5.51. The minimum Gasteiger partial charge on any atom is -0.469 e. The number of hydrogen-bond donors (Lipinski definition) is 1. The molecule has 1 saturated heterocycles. The predicted molar refractivity (Wildman–Crippen MR) is 63.4 cm³/mol. The van der Waals surface area contributed by atoms with Crippen molar-refractivity contribution in [3.8, 4) is 0 Å². The van der Waals surface area contributed by atoms with Crippen LogP contribution < -0.4 is 5.32 Å². The SMILES string of the molecule is CCc1occc1C(NC)C1CCCOC1. The first-order chi connectivity index (χ1) is 7.86. The summed E-state index contributed by atoms with van der Waals surface area (Å²) in [6.45, 7) is 3.91. The highest BCUT2D eigenvalue weighted by molar-refractivity contribution is 5.22. The lowest BCUT2D eigenvalue weighted by molar-refractivity contribution is 0.0399. The normalized spacial score (nSPS) is 23.2. The molecule has 3 heteroatoms. The van der Waals surface area contributed by atoms with E-state index in [1.165, 1.54) is 18.4 Å². The Balaban J connectivity index is 2.14. The van der Waals surface area contributed by atoms with E-state index in [4.69, 9.17) is 9.15 Å². The van der Waals surface area contributed by atoms with Crippen molar-refractivity contribution >= 4 is 0 Å². The smallest absolute Gasteiger partial charge is 0.108 e. The van der Waals surface area contributed by atoms with Gasteiger partial charge in [0.25, 0.3) is 0 Å². The van der Waals surface area contributed by atoms with E-state index in [0.717, 1.165) is 25.4 Å². The first kappa shape index (κ1) is 11.7. The molecule has 2 atom stereocenters. The van der Waals surface area contributed by atoms with Crippen molar-refractivity contribution in [1.82, 2.24) is 5.32 Å². The van der Waals surface area contributed by atoms with Crippen LogP contribution in [0.15, 0.2) is 16.7 Å². The molecule has 1 fully saturated rings. The number of rotatable bonds is 4. The highest BCUT2D eigenvalue weighted by Gasteiger charge is 2.26. The molecule has 3 nitrogen and oxygen atoms in total. The van der Waals surface area contributed by atoms with Crippen molar-refractivity contribution in [3.63, 3.8) is 0 Å². The molecule has 0 radical (unpaired) electrons. The molecule has 2 rings (SSSR count). The summed E-state index contributed by atoms with van der Waals surface area (Å²) in [7, 11) is 2.02. The quantitative estimate of drug-likeness (QED) is 0.851. The fraction of sp³-hybridized carbons (Fsp3) is 0.692. The largest absolute Gasteiger partial charge is 0.469 e. The molecule has 0 aromatic carbocycles. The zero-order valence-electron chi connectivity index (χ0n) is 10.2. The first-order valence-corrected chi connectivity index (χ1v) is 6.18. The highest BCUT2D eigenvalue weighted by atomic mass is 16.5. The number of nitrogens with one attached hydrogen (secondary N) is 1. The topological polar surface area (TPSA) is 34.4 Å². The van der Waals surface area contributed by atoms with Crippen LogP contribution >= 0.6 is 0 Å². The third kappa shape index (κ3) is 2.30. The van der Waals surface area contributed by atoms with Crippen molar-refractivity contribution in [3.05, 3.63) is 23.7 Å². The highest BCUT2D eigenvalue weighted by Crippen LogP contribution is 2.31. The van der Waals surface area contributed by atoms with E-state index in [-0.39, 0.29) is 0 Å². The molecule has 1 aromatic rings.